The van der Waals surface area contributed by atoms with Crippen molar-refractivity contribution in [1.82, 2.24) is 5.32 Å². The van der Waals surface area contributed by atoms with Gasteiger partial charge in [0.05, 0.1) is 0 Å². The van der Waals surface area contributed by atoms with Crippen LogP contribution in [0.3, 0.4) is 0 Å². The van der Waals surface area contributed by atoms with Gasteiger partial charge in [-0.25, -0.2) is 0 Å². The minimum Gasteiger partial charge on any atom is -0.454 e. The molecule has 0 radical (unpaired) electrons. The molecule has 0 saturated heterocycles. The monoisotopic (exact) mass is 287 g/mol. The maximum atomic E-state index is 12.1. The third-order valence-electron chi connectivity index (χ3n) is 5.26. The first-order valence-electron chi connectivity index (χ1n) is 7.93. The predicted octanol–water partition coefficient (Wildman–Crippen LogP) is 2.86. The van der Waals surface area contributed by atoms with E-state index in [2.05, 4.69) is 5.32 Å². The van der Waals surface area contributed by atoms with Gasteiger partial charge in [-0.3, -0.25) is 4.79 Å². The summed E-state index contributed by atoms with van der Waals surface area (Å²) < 4.78 is 10.6. The summed E-state index contributed by atoms with van der Waals surface area (Å²) in [5, 5.41) is 3.04. The van der Waals surface area contributed by atoms with Gasteiger partial charge >= 0.3 is 0 Å². The topological polar surface area (TPSA) is 47.6 Å². The number of amides is 1. The summed E-state index contributed by atoms with van der Waals surface area (Å²) in [6.45, 7) is 0.853. The molecule has 4 nitrogen and oxygen atoms in total. The third-order valence-corrected chi connectivity index (χ3v) is 5.26. The van der Waals surface area contributed by atoms with E-state index in [0.29, 0.717) is 18.9 Å². The third kappa shape index (κ3) is 2.59. The van der Waals surface area contributed by atoms with Gasteiger partial charge in [-0.05, 0) is 54.7 Å². The summed E-state index contributed by atoms with van der Waals surface area (Å²) in [6, 6.07) is 5.82. The largest absolute Gasteiger partial charge is 0.454 e. The van der Waals surface area contributed by atoms with E-state index in [9.17, 15) is 4.79 Å². The van der Waals surface area contributed by atoms with Crippen molar-refractivity contribution in [3.63, 3.8) is 0 Å². The van der Waals surface area contributed by atoms with Crippen molar-refractivity contribution in [3.8, 4) is 11.5 Å². The second kappa shape index (κ2) is 5.24. The molecule has 0 unspecified atom stereocenters. The van der Waals surface area contributed by atoms with Crippen molar-refractivity contribution in [3.05, 3.63) is 23.8 Å². The number of ether oxygens (including phenoxy) is 2. The molecule has 4 heteroatoms. The van der Waals surface area contributed by atoms with E-state index in [1.807, 2.05) is 18.2 Å². The van der Waals surface area contributed by atoms with Gasteiger partial charge in [0.25, 0.3) is 0 Å². The van der Waals surface area contributed by atoms with E-state index >= 15 is 0 Å². The molecule has 2 fully saturated rings. The molecule has 2 aliphatic carbocycles. The summed E-state index contributed by atoms with van der Waals surface area (Å²) in [5.41, 5.74) is 1.06. The van der Waals surface area contributed by atoms with E-state index in [1.54, 1.807) is 0 Å². The van der Waals surface area contributed by atoms with Crippen LogP contribution in [0, 0.1) is 17.8 Å². The van der Waals surface area contributed by atoms with Crippen molar-refractivity contribution >= 4 is 5.91 Å². The Balaban J connectivity index is 1.29. The number of nitrogens with one attached hydrogen (secondary N) is 1. The Bertz CT molecular complexity index is 557. The molecule has 21 heavy (non-hydrogen) atoms. The lowest BCUT2D eigenvalue weighted by Crippen LogP contribution is -2.26. The van der Waals surface area contributed by atoms with Crippen LogP contribution in [-0.2, 0) is 11.3 Å². The van der Waals surface area contributed by atoms with E-state index < -0.39 is 0 Å². The Morgan fingerprint density at radius 3 is 2.90 bits per heavy atom. The standard InChI is InChI=1S/C17H21NO3/c19-17(8-14-6-11-1-3-13(14)5-11)18-9-12-2-4-15-16(7-12)21-10-20-15/h2,4,7,11,13-14H,1,3,5-6,8-10H2,(H,18,19)/t11-,13-,14+/m1/s1. The molecule has 112 valence electrons. The average molecular weight is 287 g/mol. The van der Waals surface area contributed by atoms with Crippen molar-refractivity contribution in [2.75, 3.05) is 6.79 Å². The van der Waals surface area contributed by atoms with E-state index in [4.69, 9.17) is 9.47 Å². The Morgan fingerprint density at radius 2 is 2.10 bits per heavy atom. The Labute approximate surface area is 124 Å². The highest BCUT2D eigenvalue weighted by molar-refractivity contribution is 5.76. The van der Waals surface area contributed by atoms with Gasteiger partial charge in [0, 0.05) is 13.0 Å². The predicted molar refractivity (Wildman–Crippen MR) is 78.0 cm³/mol. The molecule has 3 aliphatic rings. The molecular formula is C17H21NO3. The molecule has 1 N–H and O–H groups in total. The molecule has 1 aromatic rings. The minimum absolute atomic E-state index is 0.185. The smallest absolute Gasteiger partial charge is 0.231 e. The van der Waals surface area contributed by atoms with Crippen LogP contribution in [-0.4, -0.2) is 12.7 Å². The van der Waals surface area contributed by atoms with Crippen LogP contribution in [0.5, 0.6) is 11.5 Å². The first-order chi connectivity index (χ1) is 10.3. The first kappa shape index (κ1) is 13.0. The maximum Gasteiger partial charge on any atom is 0.231 e. The van der Waals surface area contributed by atoms with E-state index in [0.717, 1.165) is 28.9 Å². The number of carbonyl (C=O) groups excluding carboxylic acids is 1. The second-order valence-electron chi connectivity index (χ2n) is 6.60. The molecule has 4 rings (SSSR count). The highest BCUT2D eigenvalue weighted by Gasteiger charge is 2.39. The van der Waals surface area contributed by atoms with Crippen LogP contribution < -0.4 is 14.8 Å². The normalized spacial score (nSPS) is 28.9. The number of carbonyl (C=O) groups is 1. The lowest BCUT2D eigenvalue weighted by atomic mass is 9.86. The van der Waals surface area contributed by atoms with Gasteiger partial charge < -0.3 is 14.8 Å². The van der Waals surface area contributed by atoms with Gasteiger partial charge in [-0.15, -0.1) is 0 Å². The zero-order valence-corrected chi connectivity index (χ0v) is 12.1. The summed E-state index contributed by atoms with van der Waals surface area (Å²) in [6.07, 6.45) is 6.05. The molecule has 0 spiro atoms. The zero-order valence-electron chi connectivity index (χ0n) is 12.1. The van der Waals surface area contributed by atoms with Gasteiger partial charge in [0.15, 0.2) is 11.5 Å². The van der Waals surface area contributed by atoms with Crippen LogP contribution in [0.2, 0.25) is 0 Å². The molecule has 3 atom stereocenters. The van der Waals surface area contributed by atoms with Crippen LogP contribution in [0.4, 0.5) is 0 Å². The molecule has 1 amide bonds. The van der Waals surface area contributed by atoms with E-state index in [1.165, 1.54) is 25.7 Å². The first-order valence-corrected chi connectivity index (χ1v) is 7.93. The average Bonchev–Trinajstić information content (AvgIpc) is 3.20. The molecule has 2 saturated carbocycles. The number of fused-ring (bicyclic) bond motifs is 3. The van der Waals surface area contributed by atoms with Crippen LogP contribution >= 0.6 is 0 Å². The lowest BCUT2D eigenvalue weighted by molar-refractivity contribution is -0.122. The summed E-state index contributed by atoms with van der Waals surface area (Å²) in [4.78, 5) is 12.1. The fraction of sp³-hybridized carbons (Fsp3) is 0.588. The van der Waals surface area contributed by atoms with Crippen LogP contribution in [0.15, 0.2) is 18.2 Å². The Kier molecular flexibility index (Phi) is 3.24. The fourth-order valence-corrected chi connectivity index (χ4v) is 4.19. The highest BCUT2D eigenvalue weighted by atomic mass is 16.7. The Morgan fingerprint density at radius 1 is 1.19 bits per heavy atom. The fourth-order valence-electron chi connectivity index (χ4n) is 4.19. The van der Waals surface area contributed by atoms with Crippen LogP contribution in [0.1, 0.15) is 37.7 Å². The van der Waals surface area contributed by atoms with Crippen molar-refractivity contribution < 1.29 is 14.3 Å². The summed E-state index contributed by atoms with van der Waals surface area (Å²) in [7, 11) is 0. The minimum atomic E-state index is 0.185. The Hall–Kier alpha value is -1.71. The van der Waals surface area contributed by atoms with E-state index in [-0.39, 0.29) is 12.7 Å². The molecule has 1 heterocycles. The number of rotatable bonds is 4. The van der Waals surface area contributed by atoms with Gasteiger partial charge in [0.1, 0.15) is 0 Å². The quantitative estimate of drug-likeness (QED) is 0.926. The zero-order chi connectivity index (χ0) is 14.2. The summed E-state index contributed by atoms with van der Waals surface area (Å²) in [5.74, 6) is 4.08. The SMILES string of the molecule is O=C(C[C@@H]1C[C@@H]2CC[C@@H]1C2)NCc1ccc2c(c1)OCO2. The molecular weight excluding hydrogens is 266 g/mol. The van der Waals surface area contributed by atoms with Gasteiger partial charge in [-0.2, -0.15) is 0 Å². The molecule has 1 aromatic carbocycles. The lowest BCUT2D eigenvalue weighted by Gasteiger charge is -2.20. The number of hydrogen-bond donors (Lipinski definition) is 1. The van der Waals surface area contributed by atoms with Crippen molar-refractivity contribution in [1.29, 1.82) is 0 Å². The molecule has 0 aromatic heterocycles. The van der Waals surface area contributed by atoms with Gasteiger partial charge in [0.2, 0.25) is 12.7 Å². The van der Waals surface area contributed by atoms with Crippen molar-refractivity contribution in [2.45, 2.75) is 38.6 Å². The highest BCUT2D eigenvalue weighted by Crippen LogP contribution is 2.49. The maximum absolute atomic E-state index is 12.1. The molecule has 2 bridgehead atoms. The number of hydrogen-bond acceptors (Lipinski definition) is 3. The van der Waals surface area contributed by atoms with Crippen LogP contribution in [0.25, 0.3) is 0 Å². The molecule has 1 aliphatic heterocycles. The van der Waals surface area contributed by atoms with Gasteiger partial charge in [-0.1, -0.05) is 12.5 Å². The summed E-state index contributed by atoms with van der Waals surface area (Å²) >= 11 is 0. The van der Waals surface area contributed by atoms with Crippen molar-refractivity contribution in [2.24, 2.45) is 17.8 Å². The number of benzene rings is 1. The second-order valence-corrected chi connectivity index (χ2v) is 6.60.